The van der Waals surface area contributed by atoms with E-state index < -0.39 is 192 Å². The summed E-state index contributed by atoms with van der Waals surface area (Å²) in [4.78, 5) is 2.16. The standard InChI is InChI=1S/C53H91N3O27/c1-25(13-19-71-3)73-49-38(66)33(61)43-28(74-49)20-54-14-17-56(16-9-8-12-27-10-6-5-7-11-27)18-15-55-21-29-44(81-51-40(68)35(63)45(30(22-57)76-51)79-48(72-4)26(2)60)34(62)39(67)50(75-29)82-46-31(23-58)78-53(42(70)37(46)65)83-47-32(24-59)77-52(80-43)41(69)36(47)64/h5-7,10-11,25-26,28-55,57-70H,8-9,12-24H2,1-4H3/t25-,26?,28?,29?,30?,31?,32+,33?,34?,35?,36?,37+,38?,39?,40?,41?,42?,43+,44+,45+,46+,47+,48+,49-,50+,51+,52+,53+/m0/s1. The molecule has 0 amide bonds. The van der Waals surface area contributed by atoms with Crippen LogP contribution in [0, 0.1) is 0 Å². The number of rotatable bonds is 19. The third kappa shape index (κ3) is 17.5. The molecule has 30 heteroatoms. The van der Waals surface area contributed by atoms with Gasteiger partial charge in [0.1, 0.15) is 128 Å². The van der Waals surface area contributed by atoms with Crippen molar-refractivity contribution in [2.45, 2.75) is 212 Å². The average molecular weight is 1200 g/mol. The van der Waals surface area contributed by atoms with Crippen molar-refractivity contribution in [3.8, 4) is 0 Å². The maximum Gasteiger partial charge on any atom is 0.187 e. The minimum Gasteiger partial charge on any atom is -0.394 e. The summed E-state index contributed by atoms with van der Waals surface area (Å²) < 4.78 is 76.5. The second-order valence-corrected chi connectivity index (χ2v) is 21.9. The molecule has 8 fully saturated rings. The van der Waals surface area contributed by atoms with Crippen molar-refractivity contribution < 1.29 is 133 Å². The van der Waals surface area contributed by atoms with E-state index in [2.05, 4.69) is 27.7 Å². The topological polar surface area (TPSA) is 431 Å². The summed E-state index contributed by atoms with van der Waals surface area (Å²) >= 11 is 0. The molecule has 30 nitrogen and oxygen atoms in total. The predicted molar refractivity (Wildman–Crippen MR) is 280 cm³/mol. The van der Waals surface area contributed by atoms with Gasteiger partial charge in [0.15, 0.2) is 37.7 Å². The Morgan fingerprint density at radius 3 is 1.65 bits per heavy atom. The number of unbranched alkanes of at least 4 members (excludes halogenated alkanes) is 1. The monoisotopic (exact) mass is 1200 g/mol. The predicted octanol–water partition coefficient (Wildman–Crippen LogP) is -7.56. The molecule has 0 radical (unpaired) electrons. The number of hydrogen-bond acceptors (Lipinski definition) is 30. The van der Waals surface area contributed by atoms with E-state index in [0.29, 0.717) is 39.2 Å². The van der Waals surface area contributed by atoms with Gasteiger partial charge in [-0.3, -0.25) is 0 Å². The van der Waals surface area contributed by atoms with Crippen LogP contribution in [0.3, 0.4) is 0 Å². The van der Waals surface area contributed by atoms with E-state index in [1.54, 1.807) is 6.92 Å². The fraction of sp³-hybridized carbons (Fsp3) is 0.887. The number of benzene rings is 1. The number of nitrogens with zero attached hydrogens (tertiary/aromatic N) is 1. The Labute approximate surface area is 481 Å². The Morgan fingerprint density at radius 1 is 0.554 bits per heavy atom. The van der Waals surface area contributed by atoms with Crippen molar-refractivity contribution in [2.24, 2.45) is 0 Å². The molecular formula is C53H91N3O27. The van der Waals surface area contributed by atoms with Crippen LogP contribution in [0.4, 0.5) is 0 Å². The molecule has 9 rings (SSSR count). The lowest BCUT2D eigenvalue weighted by Crippen LogP contribution is -2.68. The first-order chi connectivity index (χ1) is 39.8. The van der Waals surface area contributed by atoms with Gasteiger partial charge >= 0.3 is 0 Å². The van der Waals surface area contributed by atoms with Crippen molar-refractivity contribution in [1.82, 2.24) is 15.5 Å². The molecule has 83 heavy (non-hydrogen) atoms. The van der Waals surface area contributed by atoms with Crippen LogP contribution in [0.2, 0.25) is 0 Å². The van der Waals surface area contributed by atoms with Gasteiger partial charge in [0.05, 0.1) is 25.9 Å². The van der Waals surface area contributed by atoms with Crippen molar-refractivity contribution in [3.05, 3.63) is 35.9 Å². The molecule has 8 saturated heterocycles. The van der Waals surface area contributed by atoms with Crippen LogP contribution in [0.1, 0.15) is 38.7 Å². The van der Waals surface area contributed by atoms with E-state index >= 15 is 0 Å². The zero-order chi connectivity index (χ0) is 60.1. The Hall–Kier alpha value is -1.98. The fourth-order valence-corrected chi connectivity index (χ4v) is 11.0. The lowest BCUT2D eigenvalue weighted by Gasteiger charge is -2.50. The van der Waals surface area contributed by atoms with E-state index in [1.165, 1.54) is 26.7 Å². The molecule has 16 N–H and O–H groups in total. The zero-order valence-electron chi connectivity index (χ0n) is 47.2. The number of fused-ring (bicyclic) bond motifs is 2. The van der Waals surface area contributed by atoms with Crippen LogP contribution in [0.15, 0.2) is 30.3 Å². The van der Waals surface area contributed by atoms with E-state index in [0.717, 1.165) is 19.3 Å². The molecule has 14 unspecified atom stereocenters. The number of aliphatic hydroxyl groups is 14. The number of aliphatic hydroxyl groups excluding tert-OH is 14. The highest BCUT2D eigenvalue weighted by molar-refractivity contribution is 5.14. The molecule has 6 bridgehead atoms. The third-order valence-electron chi connectivity index (χ3n) is 15.9. The fourth-order valence-electron chi connectivity index (χ4n) is 11.0. The lowest BCUT2D eigenvalue weighted by atomic mass is 9.95. The SMILES string of the molecule is COCC[C@H](C)O[C@H]1OC2CNCCN(CCCCc3ccccc3)CCNCC3O[C@H](O[C@@H]4C(CO)O[C@H](O[C@H]5C(O)C(O)[C@@H](O[C@H]2C(O)C1O)O[C@@H]5CO)C(O)[C@H]4O)C(O)C(O)[C@@H]3O[C@H]1OC(CO)[C@@H](O[C@@H](OC)C(C)O)C(O)C1O. The first kappa shape index (κ1) is 68.5. The summed E-state index contributed by atoms with van der Waals surface area (Å²) in [5.41, 5.74) is 1.18. The first-order valence-electron chi connectivity index (χ1n) is 28.5. The van der Waals surface area contributed by atoms with E-state index in [-0.39, 0.29) is 19.6 Å². The Morgan fingerprint density at radius 2 is 1.08 bits per heavy atom. The molecule has 0 aromatic heterocycles. The number of aryl methyl sites for hydroxylation is 1. The molecule has 0 aliphatic carbocycles. The van der Waals surface area contributed by atoms with Crippen LogP contribution < -0.4 is 10.6 Å². The van der Waals surface area contributed by atoms with E-state index in [1.807, 2.05) is 18.2 Å². The normalized spacial score (nSPS) is 43.1. The zero-order valence-corrected chi connectivity index (χ0v) is 47.2. The lowest BCUT2D eigenvalue weighted by molar-refractivity contribution is -0.393. The number of hydrogen-bond donors (Lipinski definition) is 16. The van der Waals surface area contributed by atoms with Crippen LogP contribution >= 0.6 is 0 Å². The summed E-state index contributed by atoms with van der Waals surface area (Å²) in [5.74, 6) is 0. The quantitative estimate of drug-likeness (QED) is 0.0452. The second kappa shape index (κ2) is 33.0. The van der Waals surface area contributed by atoms with Gasteiger partial charge in [0.25, 0.3) is 0 Å². The first-order valence-corrected chi connectivity index (χ1v) is 28.5. The summed E-state index contributed by atoms with van der Waals surface area (Å²) in [5, 5.41) is 164. The minimum atomic E-state index is -2.09. The molecule has 480 valence electrons. The number of ether oxygens (including phenoxy) is 13. The van der Waals surface area contributed by atoms with Crippen molar-refractivity contribution in [2.75, 3.05) is 86.5 Å². The van der Waals surface area contributed by atoms with Gasteiger partial charge in [0.2, 0.25) is 0 Å². The summed E-state index contributed by atoms with van der Waals surface area (Å²) in [6.07, 6.45) is -43.2. The maximum atomic E-state index is 11.9. The maximum absolute atomic E-state index is 11.9. The highest BCUT2D eigenvalue weighted by Gasteiger charge is 2.57. The Bertz CT molecular complexity index is 1980. The molecular weight excluding hydrogens is 1110 g/mol. The summed E-state index contributed by atoms with van der Waals surface area (Å²) in [6, 6.07) is 10.0. The van der Waals surface area contributed by atoms with Crippen LogP contribution in [-0.2, 0) is 68.0 Å². The largest absolute Gasteiger partial charge is 0.394 e. The van der Waals surface area contributed by atoms with E-state index in [4.69, 9.17) is 61.6 Å². The van der Waals surface area contributed by atoms with Gasteiger partial charge in [-0.15, -0.1) is 0 Å². The van der Waals surface area contributed by atoms with Gasteiger partial charge < -0.3 is 149 Å². The molecule has 8 aliphatic rings. The Balaban J connectivity index is 1.16. The van der Waals surface area contributed by atoms with Crippen molar-refractivity contribution >= 4 is 0 Å². The average Bonchev–Trinajstić information content (AvgIpc) is 3.29. The molecule has 8 aliphatic heterocycles. The molecule has 0 spiro atoms. The summed E-state index contributed by atoms with van der Waals surface area (Å²) in [6.45, 7) is 2.68. The van der Waals surface area contributed by atoms with Gasteiger partial charge in [-0.2, -0.15) is 0 Å². The summed E-state index contributed by atoms with van der Waals surface area (Å²) in [7, 11) is 2.76. The number of nitrogens with one attached hydrogen (secondary N) is 2. The van der Waals surface area contributed by atoms with Gasteiger partial charge in [-0.05, 0) is 51.6 Å². The smallest absolute Gasteiger partial charge is 0.187 e. The van der Waals surface area contributed by atoms with Gasteiger partial charge in [-0.1, -0.05) is 30.3 Å². The van der Waals surface area contributed by atoms with Gasteiger partial charge in [0, 0.05) is 60.1 Å². The molecule has 8 heterocycles. The third-order valence-corrected chi connectivity index (χ3v) is 15.9. The second-order valence-electron chi connectivity index (χ2n) is 21.9. The molecule has 0 saturated carbocycles. The highest BCUT2D eigenvalue weighted by atomic mass is 16.8. The Kier molecular flexibility index (Phi) is 27.3. The van der Waals surface area contributed by atoms with Crippen LogP contribution in [-0.4, -0.2) is 335 Å². The molecule has 1 aromatic rings. The van der Waals surface area contributed by atoms with E-state index in [9.17, 15) is 71.5 Å². The van der Waals surface area contributed by atoms with Crippen LogP contribution in [0.5, 0.6) is 0 Å². The van der Waals surface area contributed by atoms with Crippen molar-refractivity contribution in [1.29, 1.82) is 0 Å². The number of methoxy groups -OCH3 is 2. The minimum absolute atomic E-state index is 0.0236. The van der Waals surface area contributed by atoms with Gasteiger partial charge in [-0.25, -0.2) is 0 Å². The molecule has 28 atom stereocenters. The molecule has 1 aromatic carbocycles. The van der Waals surface area contributed by atoms with Crippen molar-refractivity contribution in [3.63, 3.8) is 0 Å². The van der Waals surface area contributed by atoms with Crippen LogP contribution in [0.25, 0.3) is 0 Å². The highest BCUT2D eigenvalue weighted by Crippen LogP contribution is 2.36.